The number of pyridine rings is 1. The van der Waals surface area contributed by atoms with Crippen molar-refractivity contribution < 1.29 is 18.0 Å². The van der Waals surface area contributed by atoms with E-state index in [1.807, 2.05) is 0 Å². The standard InChI is InChI=1S/C14H11F3N2O/c15-14(16,17)12-5-6-19-8-11(12)13(20)10-3-1-9(7-18)2-4-10/h1-6,8H,7,18H2. The summed E-state index contributed by atoms with van der Waals surface area (Å²) < 4.78 is 38.5. The second-order valence-corrected chi connectivity index (χ2v) is 4.15. The van der Waals surface area contributed by atoms with Crippen molar-refractivity contribution in [3.63, 3.8) is 0 Å². The van der Waals surface area contributed by atoms with Crippen LogP contribution in [0.5, 0.6) is 0 Å². The maximum atomic E-state index is 12.8. The highest BCUT2D eigenvalue weighted by molar-refractivity contribution is 6.09. The quantitative estimate of drug-likeness (QED) is 0.879. The van der Waals surface area contributed by atoms with Gasteiger partial charge in [-0.25, -0.2) is 0 Å². The summed E-state index contributed by atoms with van der Waals surface area (Å²) in [6, 6.07) is 6.92. The molecule has 2 aromatic rings. The van der Waals surface area contributed by atoms with Crippen LogP contribution in [-0.4, -0.2) is 10.8 Å². The lowest BCUT2D eigenvalue weighted by Crippen LogP contribution is -2.14. The molecule has 0 spiro atoms. The zero-order valence-corrected chi connectivity index (χ0v) is 10.3. The van der Waals surface area contributed by atoms with E-state index in [1.54, 1.807) is 12.1 Å². The predicted molar refractivity (Wildman–Crippen MR) is 67.0 cm³/mol. The lowest BCUT2D eigenvalue weighted by molar-refractivity contribution is -0.137. The van der Waals surface area contributed by atoms with Gasteiger partial charge in [-0.05, 0) is 11.6 Å². The molecule has 0 amide bonds. The van der Waals surface area contributed by atoms with Crippen LogP contribution in [0, 0.1) is 0 Å². The second-order valence-electron chi connectivity index (χ2n) is 4.15. The van der Waals surface area contributed by atoms with Gasteiger partial charge in [0.1, 0.15) is 0 Å². The van der Waals surface area contributed by atoms with Crippen molar-refractivity contribution in [2.75, 3.05) is 0 Å². The van der Waals surface area contributed by atoms with E-state index in [2.05, 4.69) is 4.98 Å². The molecule has 3 nitrogen and oxygen atoms in total. The number of aromatic nitrogens is 1. The summed E-state index contributed by atoms with van der Waals surface area (Å²) in [5, 5.41) is 0. The van der Waals surface area contributed by atoms with Crippen molar-refractivity contribution in [2.24, 2.45) is 5.73 Å². The van der Waals surface area contributed by atoms with Crippen LogP contribution in [0.25, 0.3) is 0 Å². The fourth-order valence-corrected chi connectivity index (χ4v) is 1.77. The van der Waals surface area contributed by atoms with Gasteiger partial charge in [0.2, 0.25) is 0 Å². The maximum Gasteiger partial charge on any atom is 0.417 e. The number of rotatable bonds is 3. The largest absolute Gasteiger partial charge is 0.417 e. The zero-order chi connectivity index (χ0) is 14.8. The number of ketones is 1. The number of alkyl halides is 3. The molecule has 20 heavy (non-hydrogen) atoms. The third kappa shape index (κ3) is 2.85. The van der Waals surface area contributed by atoms with Crippen LogP contribution in [0.2, 0.25) is 0 Å². The van der Waals surface area contributed by atoms with Crippen LogP contribution in [0.3, 0.4) is 0 Å². The molecule has 0 aliphatic heterocycles. The number of carbonyl (C=O) groups is 1. The minimum atomic E-state index is -4.59. The first-order valence-corrected chi connectivity index (χ1v) is 5.78. The smallest absolute Gasteiger partial charge is 0.326 e. The van der Waals surface area contributed by atoms with E-state index in [4.69, 9.17) is 5.73 Å². The second kappa shape index (κ2) is 5.42. The van der Waals surface area contributed by atoms with Crippen LogP contribution in [-0.2, 0) is 12.7 Å². The summed E-state index contributed by atoms with van der Waals surface area (Å²) in [7, 11) is 0. The summed E-state index contributed by atoms with van der Waals surface area (Å²) in [5.74, 6) is -0.714. The minimum Gasteiger partial charge on any atom is -0.326 e. The molecule has 0 fully saturated rings. The lowest BCUT2D eigenvalue weighted by atomic mass is 9.99. The molecule has 0 aliphatic carbocycles. The highest BCUT2D eigenvalue weighted by atomic mass is 19.4. The maximum absolute atomic E-state index is 12.8. The van der Waals surface area contributed by atoms with Gasteiger partial charge in [0, 0.05) is 24.5 Å². The Kier molecular flexibility index (Phi) is 3.85. The molecule has 2 N–H and O–H groups in total. The average molecular weight is 280 g/mol. The lowest BCUT2D eigenvalue weighted by Gasteiger charge is -2.11. The molecule has 0 bridgehead atoms. The molecule has 2 rings (SSSR count). The Balaban J connectivity index is 2.43. The Morgan fingerprint density at radius 3 is 2.35 bits per heavy atom. The van der Waals surface area contributed by atoms with Crippen molar-refractivity contribution in [1.82, 2.24) is 4.98 Å². The van der Waals surface area contributed by atoms with Crippen LogP contribution < -0.4 is 5.73 Å². The summed E-state index contributed by atoms with van der Waals surface area (Å²) in [5.41, 5.74) is 4.94. The first-order chi connectivity index (χ1) is 9.43. The Morgan fingerprint density at radius 2 is 1.80 bits per heavy atom. The van der Waals surface area contributed by atoms with E-state index >= 15 is 0 Å². The van der Waals surface area contributed by atoms with E-state index in [-0.39, 0.29) is 5.56 Å². The summed E-state index contributed by atoms with van der Waals surface area (Å²) in [6.07, 6.45) is -2.65. The predicted octanol–water partition coefficient (Wildman–Crippen LogP) is 2.79. The van der Waals surface area contributed by atoms with Crippen molar-refractivity contribution in [2.45, 2.75) is 12.7 Å². The van der Waals surface area contributed by atoms with Crippen molar-refractivity contribution in [3.8, 4) is 0 Å². The van der Waals surface area contributed by atoms with E-state index in [0.29, 0.717) is 6.54 Å². The van der Waals surface area contributed by atoms with Crippen molar-refractivity contribution >= 4 is 5.78 Å². The van der Waals surface area contributed by atoms with Crippen LogP contribution in [0.15, 0.2) is 42.7 Å². The topological polar surface area (TPSA) is 56.0 Å². The highest BCUT2D eigenvalue weighted by Gasteiger charge is 2.35. The van der Waals surface area contributed by atoms with E-state index in [1.165, 1.54) is 12.1 Å². The number of nitrogens with two attached hydrogens (primary N) is 1. The Labute approximate surface area is 113 Å². The molecule has 0 radical (unpaired) electrons. The first-order valence-electron chi connectivity index (χ1n) is 5.78. The number of nitrogens with zero attached hydrogens (tertiary/aromatic N) is 1. The average Bonchev–Trinajstić information content (AvgIpc) is 2.46. The minimum absolute atomic E-state index is 0.167. The van der Waals surface area contributed by atoms with Gasteiger partial charge >= 0.3 is 6.18 Å². The molecule has 0 atom stereocenters. The Bertz CT molecular complexity index is 621. The van der Waals surface area contributed by atoms with Gasteiger partial charge in [0.15, 0.2) is 5.78 Å². The van der Waals surface area contributed by atoms with Gasteiger partial charge in [0.25, 0.3) is 0 Å². The fraction of sp³-hybridized carbons (Fsp3) is 0.143. The monoisotopic (exact) mass is 280 g/mol. The summed E-state index contributed by atoms with van der Waals surface area (Å²) >= 11 is 0. The molecule has 104 valence electrons. The Hall–Kier alpha value is -2.21. The first kappa shape index (κ1) is 14.2. The third-order valence-corrected chi connectivity index (χ3v) is 2.82. The van der Waals surface area contributed by atoms with E-state index in [0.717, 1.165) is 24.0 Å². The number of hydrogen-bond acceptors (Lipinski definition) is 3. The van der Waals surface area contributed by atoms with Gasteiger partial charge in [-0.15, -0.1) is 0 Å². The van der Waals surface area contributed by atoms with E-state index < -0.39 is 23.1 Å². The number of benzene rings is 1. The fourth-order valence-electron chi connectivity index (χ4n) is 1.77. The van der Waals surface area contributed by atoms with Crippen molar-refractivity contribution in [1.29, 1.82) is 0 Å². The summed E-state index contributed by atoms with van der Waals surface area (Å²) in [6.45, 7) is 0.301. The molecule has 0 saturated carbocycles. The van der Waals surface area contributed by atoms with Crippen LogP contribution in [0.1, 0.15) is 27.0 Å². The third-order valence-electron chi connectivity index (χ3n) is 2.82. The van der Waals surface area contributed by atoms with Gasteiger partial charge in [-0.2, -0.15) is 13.2 Å². The SMILES string of the molecule is NCc1ccc(C(=O)c2cnccc2C(F)(F)F)cc1. The highest BCUT2D eigenvalue weighted by Crippen LogP contribution is 2.32. The van der Waals surface area contributed by atoms with E-state index in [9.17, 15) is 18.0 Å². The normalized spacial score (nSPS) is 11.4. The molecule has 1 aromatic heterocycles. The zero-order valence-electron chi connectivity index (χ0n) is 10.3. The van der Waals surface area contributed by atoms with Gasteiger partial charge in [0.05, 0.1) is 11.1 Å². The van der Waals surface area contributed by atoms with Gasteiger partial charge < -0.3 is 5.73 Å². The molecule has 0 aliphatic rings. The number of hydrogen-bond donors (Lipinski definition) is 1. The molecule has 1 heterocycles. The number of carbonyl (C=O) groups excluding carboxylic acids is 1. The molecule has 1 aromatic carbocycles. The molecule has 0 unspecified atom stereocenters. The van der Waals surface area contributed by atoms with Crippen LogP contribution >= 0.6 is 0 Å². The molecule has 0 saturated heterocycles. The molecule has 6 heteroatoms. The van der Waals surface area contributed by atoms with Crippen molar-refractivity contribution in [3.05, 3.63) is 65.0 Å². The molecular weight excluding hydrogens is 269 g/mol. The Morgan fingerprint density at radius 1 is 1.15 bits per heavy atom. The number of halogens is 3. The van der Waals surface area contributed by atoms with Crippen LogP contribution in [0.4, 0.5) is 13.2 Å². The van der Waals surface area contributed by atoms with Gasteiger partial charge in [-0.1, -0.05) is 24.3 Å². The summed E-state index contributed by atoms with van der Waals surface area (Å²) in [4.78, 5) is 15.7. The van der Waals surface area contributed by atoms with Gasteiger partial charge in [-0.3, -0.25) is 9.78 Å². The molecular formula is C14H11F3N2O.